The average molecular weight is 416 g/mol. The van der Waals surface area contributed by atoms with Gasteiger partial charge in [0.05, 0.1) is 5.69 Å². The maximum atomic E-state index is 4.69. The van der Waals surface area contributed by atoms with E-state index in [0.29, 0.717) is 5.92 Å². The highest BCUT2D eigenvalue weighted by atomic mass is 15.2. The summed E-state index contributed by atoms with van der Waals surface area (Å²) < 4.78 is 0. The van der Waals surface area contributed by atoms with E-state index in [0.717, 1.165) is 67.2 Å². The van der Waals surface area contributed by atoms with E-state index >= 15 is 0 Å². The number of anilines is 1. The van der Waals surface area contributed by atoms with Crippen LogP contribution in [0.4, 0.5) is 5.69 Å². The highest BCUT2D eigenvalue weighted by Gasteiger charge is 2.20. The summed E-state index contributed by atoms with van der Waals surface area (Å²) in [5.41, 5.74) is 6.65. The SMILES string of the molecule is CN1CCN(c2cccc3[nH]c(-c4n[nH]c5ncc(C6CCNCC6)cc45)cc23)CC1. The number of rotatable bonds is 3. The summed E-state index contributed by atoms with van der Waals surface area (Å²) in [6, 6.07) is 11.1. The Labute approximate surface area is 181 Å². The van der Waals surface area contributed by atoms with Gasteiger partial charge in [0, 0.05) is 54.4 Å². The molecule has 3 aromatic heterocycles. The summed E-state index contributed by atoms with van der Waals surface area (Å²) in [6.07, 6.45) is 4.36. The molecule has 0 aliphatic carbocycles. The summed E-state index contributed by atoms with van der Waals surface area (Å²) in [4.78, 5) is 13.2. The minimum Gasteiger partial charge on any atom is -0.368 e. The van der Waals surface area contributed by atoms with Crippen LogP contribution in [-0.4, -0.2) is 71.4 Å². The summed E-state index contributed by atoms with van der Waals surface area (Å²) >= 11 is 0. The Morgan fingerprint density at radius 3 is 2.68 bits per heavy atom. The molecule has 2 saturated heterocycles. The van der Waals surface area contributed by atoms with Gasteiger partial charge in [-0.2, -0.15) is 5.10 Å². The first-order valence-electron chi connectivity index (χ1n) is 11.4. The number of nitrogens with zero attached hydrogens (tertiary/aromatic N) is 4. The minimum absolute atomic E-state index is 0.576. The molecule has 0 saturated carbocycles. The molecule has 5 heterocycles. The fourth-order valence-corrected chi connectivity index (χ4v) is 5.09. The van der Waals surface area contributed by atoms with Crippen molar-refractivity contribution in [2.45, 2.75) is 18.8 Å². The second-order valence-electron chi connectivity index (χ2n) is 8.97. The highest BCUT2D eigenvalue weighted by Crippen LogP contribution is 2.35. The topological polar surface area (TPSA) is 75.9 Å². The number of fused-ring (bicyclic) bond motifs is 2. The van der Waals surface area contributed by atoms with Gasteiger partial charge in [0.1, 0.15) is 5.69 Å². The number of aromatic amines is 2. The van der Waals surface area contributed by atoms with Gasteiger partial charge in [-0.25, -0.2) is 4.98 Å². The largest absolute Gasteiger partial charge is 0.368 e. The van der Waals surface area contributed by atoms with Gasteiger partial charge in [-0.3, -0.25) is 5.10 Å². The molecule has 0 unspecified atom stereocenters. The van der Waals surface area contributed by atoms with Crippen molar-refractivity contribution in [3.8, 4) is 11.4 Å². The molecule has 2 aliphatic rings. The smallest absolute Gasteiger partial charge is 0.155 e. The van der Waals surface area contributed by atoms with E-state index in [1.54, 1.807) is 0 Å². The van der Waals surface area contributed by atoms with Gasteiger partial charge in [-0.05, 0) is 68.7 Å². The van der Waals surface area contributed by atoms with Crippen molar-refractivity contribution in [1.29, 1.82) is 0 Å². The molecule has 0 atom stereocenters. The Balaban J connectivity index is 1.40. The number of hydrogen-bond donors (Lipinski definition) is 3. The predicted octanol–water partition coefficient (Wildman–Crippen LogP) is 3.33. The zero-order valence-corrected chi connectivity index (χ0v) is 18.0. The van der Waals surface area contributed by atoms with Gasteiger partial charge in [0.15, 0.2) is 5.65 Å². The van der Waals surface area contributed by atoms with Crippen LogP contribution in [0.15, 0.2) is 36.5 Å². The molecular weight excluding hydrogens is 386 g/mol. The van der Waals surface area contributed by atoms with Crippen LogP contribution in [0.5, 0.6) is 0 Å². The van der Waals surface area contributed by atoms with E-state index < -0.39 is 0 Å². The molecule has 4 aromatic rings. The molecule has 31 heavy (non-hydrogen) atoms. The lowest BCUT2D eigenvalue weighted by atomic mass is 9.91. The number of likely N-dealkylation sites (N-methyl/N-ethyl adjacent to an activating group) is 1. The summed E-state index contributed by atoms with van der Waals surface area (Å²) in [7, 11) is 2.20. The monoisotopic (exact) mass is 415 g/mol. The fraction of sp³-hybridized carbons (Fsp3) is 0.417. The van der Waals surface area contributed by atoms with Crippen LogP contribution in [0.3, 0.4) is 0 Å². The number of nitrogens with one attached hydrogen (secondary N) is 3. The maximum Gasteiger partial charge on any atom is 0.155 e. The number of pyridine rings is 1. The van der Waals surface area contributed by atoms with Crippen LogP contribution in [0.2, 0.25) is 0 Å². The van der Waals surface area contributed by atoms with Crippen molar-refractivity contribution >= 4 is 27.6 Å². The van der Waals surface area contributed by atoms with Gasteiger partial charge < -0.3 is 20.1 Å². The number of H-pyrrole nitrogens is 2. The lowest BCUT2D eigenvalue weighted by molar-refractivity contribution is 0.313. The summed E-state index contributed by atoms with van der Waals surface area (Å²) in [5.74, 6) is 0.576. The molecule has 2 aliphatic heterocycles. The lowest BCUT2D eigenvalue weighted by Crippen LogP contribution is -2.44. The fourth-order valence-electron chi connectivity index (χ4n) is 5.09. The molecule has 0 spiro atoms. The predicted molar refractivity (Wildman–Crippen MR) is 126 cm³/mol. The molecule has 3 N–H and O–H groups in total. The molecule has 2 fully saturated rings. The molecule has 0 bridgehead atoms. The number of piperidine rings is 1. The molecule has 6 rings (SSSR count). The Morgan fingerprint density at radius 2 is 1.84 bits per heavy atom. The molecular formula is C24H29N7. The van der Waals surface area contributed by atoms with E-state index in [-0.39, 0.29) is 0 Å². The van der Waals surface area contributed by atoms with Crippen LogP contribution in [0.25, 0.3) is 33.3 Å². The number of aromatic nitrogens is 4. The second-order valence-corrected chi connectivity index (χ2v) is 8.97. The van der Waals surface area contributed by atoms with E-state index in [1.165, 1.54) is 29.5 Å². The second kappa shape index (κ2) is 7.66. The lowest BCUT2D eigenvalue weighted by Gasteiger charge is -2.34. The van der Waals surface area contributed by atoms with E-state index in [4.69, 9.17) is 0 Å². The zero-order valence-electron chi connectivity index (χ0n) is 18.0. The van der Waals surface area contributed by atoms with Crippen molar-refractivity contribution in [3.05, 3.63) is 42.1 Å². The van der Waals surface area contributed by atoms with Crippen LogP contribution >= 0.6 is 0 Å². The van der Waals surface area contributed by atoms with Crippen molar-refractivity contribution < 1.29 is 0 Å². The third-order valence-corrected chi connectivity index (χ3v) is 6.99. The van der Waals surface area contributed by atoms with Crippen LogP contribution in [0, 0.1) is 0 Å². The van der Waals surface area contributed by atoms with Gasteiger partial charge >= 0.3 is 0 Å². The Morgan fingerprint density at radius 1 is 1.00 bits per heavy atom. The van der Waals surface area contributed by atoms with Gasteiger partial charge in [-0.15, -0.1) is 0 Å². The number of hydrogen-bond acceptors (Lipinski definition) is 5. The first kappa shape index (κ1) is 18.8. The molecule has 0 amide bonds. The average Bonchev–Trinajstić information content (AvgIpc) is 3.43. The van der Waals surface area contributed by atoms with Gasteiger partial charge in [0.25, 0.3) is 0 Å². The molecule has 7 nitrogen and oxygen atoms in total. The minimum atomic E-state index is 0.576. The van der Waals surface area contributed by atoms with E-state index in [2.05, 4.69) is 72.7 Å². The van der Waals surface area contributed by atoms with E-state index in [9.17, 15) is 0 Å². The van der Waals surface area contributed by atoms with Crippen LogP contribution in [0.1, 0.15) is 24.3 Å². The third-order valence-electron chi connectivity index (χ3n) is 6.99. The van der Waals surface area contributed by atoms with Crippen LogP contribution in [-0.2, 0) is 0 Å². The van der Waals surface area contributed by atoms with Gasteiger partial charge in [0.2, 0.25) is 0 Å². The van der Waals surface area contributed by atoms with Crippen molar-refractivity contribution in [2.75, 3.05) is 51.2 Å². The first-order valence-corrected chi connectivity index (χ1v) is 11.4. The standard InChI is InChI=1S/C24H29N7/c1-30-9-11-31(12-10-30)22-4-2-3-20-18(22)14-21(27-20)23-19-13-17(15-26-24(19)29-28-23)16-5-7-25-8-6-16/h2-4,13-16,25,27H,5-12H2,1H3,(H,26,28,29). The Hall–Kier alpha value is -2.90. The molecule has 0 radical (unpaired) electrons. The molecule has 1 aromatic carbocycles. The molecule has 160 valence electrons. The van der Waals surface area contributed by atoms with E-state index in [1.807, 2.05) is 6.20 Å². The summed E-state index contributed by atoms with van der Waals surface area (Å²) in [5, 5.41) is 13.6. The Kier molecular flexibility index (Phi) is 4.65. The number of piperazine rings is 1. The Bertz CT molecular complexity index is 1210. The van der Waals surface area contributed by atoms with Gasteiger partial charge in [-0.1, -0.05) is 6.07 Å². The first-order chi connectivity index (χ1) is 15.3. The maximum absolute atomic E-state index is 4.69. The quantitative estimate of drug-likeness (QED) is 0.479. The summed E-state index contributed by atoms with van der Waals surface area (Å²) in [6.45, 7) is 6.48. The number of benzene rings is 1. The van der Waals surface area contributed by atoms with Crippen LogP contribution < -0.4 is 10.2 Å². The van der Waals surface area contributed by atoms with Crippen molar-refractivity contribution in [3.63, 3.8) is 0 Å². The third kappa shape index (κ3) is 3.38. The highest BCUT2D eigenvalue weighted by molar-refractivity contribution is 5.99. The normalized spacial score (nSPS) is 18.9. The zero-order chi connectivity index (χ0) is 20.8. The van der Waals surface area contributed by atoms with Crippen molar-refractivity contribution in [2.24, 2.45) is 0 Å². The molecule has 7 heteroatoms. The van der Waals surface area contributed by atoms with Crippen molar-refractivity contribution in [1.82, 2.24) is 30.4 Å².